The standard InChI is InChI=1S/C23H20ClN3O3/c1-16-20(24)8-5-9-21(16)26-22(28)23(29)27-25-14-17-10-12-19(13-11-17)30-15-18-6-3-2-4-7-18/h2-14H,15H2,1H3,(H,26,28)(H,27,29)/b25-14-. The number of hydrazone groups is 1. The normalized spacial score (nSPS) is 10.6. The number of carbonyl (C=O) groups excluding carboxylic acids is 2. The van der Waals surface area contributed by atoms with Crippen molar-refractivity contribution in [2.24, 2.45) is 5.10 Å². The van der Waals surface area contributed by atoms with Crippen molar-refractivity contribution in [2.75, 3.05) is 5.32 Å². The van der Waals surface area contributed by atoms with Crippen molar-refractivity contribution in [1.29, 1.82) is 0 Å². The molecular formula is C23H20ClN3O3. The van der Waals surface area contributed by atoms with Crippen molar-refractivity contribution in [3.63, 3.8) is 0 Å². The van der Waals surface area contributed by atoms with Crippen LogP contribution in [0, 0.1) is 6.92 Å². The number of halogens is 1. The topological polar surface area (TPSA) is 79.8 Å². The van der Waals surface area contributed by atoms with Crippen LogP contribution < -0.4 is 15.5 Å². The molecule has 0 heterocycles. The molecule has 30 heavy (non-hydrogen) atoms. The van der Waals surface area contributed by atoms with Gasteiger partial charge in [-0.2, -0.15) is 5.10 Å². The molecule has 6 nitrogen and oxygen atoms in total. The number of amides is 2. The summed E-state index contributed by atoms with van der Waals surface area (Å²) in [6, 6.07) is 22.1. The zero-order valence-electron chi connectivity index (χ0n) is 16.3. The van der Waals surface area contributed by atoms with Crippen LogP contribution >= 0.6 is 11.6 Å². The highest BCUT2D eigenvalue weighted by molar-refractivity contribution is 6.40. The average molecular weight is 422 g/mol. The van der Waals surface area contributed by atoms with Crippen molar-refractivity contribution < 1.29 is 14.3 Å². The number of nitrogens with zero attached hydrogens (tertiary/aromatic N) is 1. The Kier molecular flexibility index (Phi) is 7.19. The van der Waals surface area contributed by atoms with Gasteiger partial charge < -0.3 is 10.1 Å². The Bertz CT molecular complexity index is 1050. The Morgan fingerprint density at radius 1 is 0.967 bits per heavy atom. The van der Waals surface area contributed by atoms with E-state index in [1.165, 1.54) is 6.21 Å². The van der Waals surface area contributed by atoms with E-state index in [1.807, 2.05) is 30.3 Å². The second kappa shape index (κ2) is 10.2. The maximum absolute atomic E-state index is 12.0. The third-order valence-corrected chi connectivity index (χ3v) is 4.64. The molecule has 2 amide bonds. The molecule has 3 aromatic rings. The van der Waals surface area contributed by atoms with Crippen molar-refractivity contribution in [3.8, 4) is 5.75 Å². The Balaban J connectivity index is 1.49. The van der Waals surface area contributed by atoms with Gasteiger partial charge in [0.15, 0.2) is 0 Å². The van der Waals surface area contributed by atoms with Gasteiger partial charge in [0, 0.05) is 10.7 Å². The summed E-state index contributed by atoms with van der Waals surface area (Å²) in [6.45, 7) is 2.23. The number of hydrogen-bond acceptors (Lipinski definition) is 4. The quantitative estimate of drug-likeness (QED) is 0.353. The van der Waals surface area contributed by atoms with Gasteiger partial charge >= 0.3 is 11.8 Å². The van der Waals surface area contributed by atoms with Gasteiger partial charge in [0.05, 0.1) is 6.21 Å². The lowest BCUT2D eigenvalue weighted by molar-refractivity contribution is -0.136. The maximum Gasteiger partial charge on any atom is 0.329 e. The van der Waals surface area contributed by atoms with E-state index in [0.717, 1.165) is 16.9 Å². The molecule has 0 saturated heterocycles. The first-order valence-corrected chi connectivity index (χ1v) is 9.57. The van der Waals surface area contributed by atoms with E-state index in [2.05, 4.69) is 15.8 Å². The monoisotopic (exact) mass is 421 g/mol. The lowest BCUT2D eigenvalue weighted by Gasteiger charge is -2.08. The van der Waals surface area contributed by atoms with Crippen LogP contribution in [0.3, 0.4) is 0 Å². The van der Waals surface area contributed by atoms with Gasteiger partial charge in [0.2, 0.25) is 0 Å². The van der Waals surface area contributed by atoms with Crippen molar-refractivity contribution in [2.45, 2.75) is 13.5 Å². The number of rotatable bonds is 6. The van der Waals surface area contributed by atoms with Gasteiger partial charge in [0.1, 0.15) is 12.4 Å². The van der Waals surface area contributed by atoms with E-state index in [1.54, 1.807) is 49.4 Å². The minimum Gasteiger partial charge on any atom is -0.489 e. The summed E-state index contributed by atoms with van der Waals surface area (Å²) < 4.78 is 5.72. The Labute approximate surface area is 179 Å². The summed E-state index contributed by atoms with van der Waals surface area (Å²) in [5, 5.41) is 6.83. The number of ether oxygens (including phenoxy) is 1. The first-order chi connectivity index (χ1) is 14.5. The summed E-state index contributed by atoms with van der Waals surface area (Å²) in [5.41, 5.74) is 5.17. The number of anilines is 1. The van der Waals surface area contributed by atoms with Crippen LogP contribution in [-0.2, 0) is 16.2 Å². The van der Waals surface area contributed by atoms with Crippen LogP contribution in [0.1, 0.15) is 16.7 Å². The number of hydrogen-bond donors (Lipinski definition) is 2. The molecule has 0 bridgehead atoms. The van der Waals surface area contributed by atoms with Gasteiger partial charge in [-0.15, -0.1) is 0 Å². The highest BCUT2D eigenvalue weighted by atomic mass is 35.5. The second-order valence-corrected chi connectivity index (χ2v) is 6.82. The Morgan fingerprint density at radius 3 is 2.43 bits per heavy atom. The molecule has 0 radical (unpaired) electrons. The van der Waals surface area contributed by atoms with Crippen molar-refractivity contribution in [1.82, 2.24) is 5.43 Å². The summed E-state index contributed by atoms with van der Waals surface area (Å²) in [6.07, 6.45) is 1.44. The SMILES string of the molecule is Cc1c(Cl)cccc1NC(=O)C(=O)N/N=C\c1ccc(OCc2ccccc2)cc1. The minimum atomic E-state index is -0.881. The fourth-order valence-corrected chi connectivity index (χ4v) is 2.70. The van der Waals surface area contributed by atoms with E-state index in [-0.39, 0.29) is 0 Å². The number of nitrogens with one attached hydrogen (secondary N) is 2. The van der Waals surface area contributed by atoms with Crippen LogP contribution in [0.25, 0.3) is 0 Å². The van der Waals surface area contributed by atoms with Gasteiger partial charge in [-0.3, -0.25) is 9.59 Å². The Hall–Kier alpha value is -3.64. The smallest absolute Gasteiger partial charge is 0.329 e. The van der Waals surface area contributed by atoms with Gasteiger partial charge in [-0.25, -0.2) is 5.43 Å². The molecule has 3 rings (SSSR count). The van der Waals surface area contributed by atoms with Crippen LogP contribution in [0.5, 0.6) is 5.75 Å². The summed E-state index contributed by atoms with van der Waals surface area (Å²) in [4.78, 5) is 23.9. The third-order valence-electron chi connectivity index (χ3n) is 4.23. The molecular weight excluding hydrogens is 402 g/mol. The summed E-state index contributed by atoms with van der Waals surface area (Å²) in [7, 11) is 0. The maximum atomic E-state index is 12.0. The Morgan fingerprint density at radius 2 is 1.70 bits per heavy atom. The van der Waals surface area contributed by atoms with Crippen LogP contribution in [0.2, 0.25) is 5.02 Å². The van der Waals surface area contributed by atoms with Crippen LogP contribution in [0.15, 0.2) is 77.9 Å². The molecule has 152 valence electrons. The predicted octanol–water partition coefficient (Wildman–Crippen LogP) is 4.32. The zero-order chi connectivity index (χ0) is 21.3. The van der Waals surface area contributed by atoms with Gasteiger partial charge in [-0.05, 0) is 60.0 Å². The minimum absolute atomic E-state index is 0.470. The van der Waals surface area contributed by atoms with E-state index < -0.39 is 11.8 Å². The largest absolute Gasteiger partial charge is 0.489 e. The predicted molar refractivity (Wildman–Crippen MR) is 118 cm³/mol. The van der Waals surface area contributed by atoms with Gasteiger partial charge in [0.25, 0.3) is 0 Å². The fourth-order valence-electron chi connectivity index (χ4n) is 2.53. The summed E-state index contributed by atoms with van der Waals surface area (Å²) in [5.74, 6) is -0.994. The zero-order valence-corrected chi connectivity index (χ0v) is 17.0. The molecule has 0 fully saturated rings. The highest BCUT2D eigenvalue weighted by Gasteiger charge is 2.14. The molecule has 0 aliphatic carbocycles. The molecule has 7 heteroatoms. The van der Waals surface area contributed by atoms with E-state index in [0.29, 0.717) is 22.9 Å². The van der Waals surface area contributed by atoms with Crippen molar-refractivity contribution in [3.05, 3.63) is 94.5 Å². The van der Waals surface area contributed by atoms with E-state index in [4.69, 9.17) is 16.3 Å². The fraction of sp³-hybridized carbons (Fsp3) is 0.0870. The third kappa shape index (κ3) is 5.93. The molecule has 0 aromatic heterocycles. The van der Waals surface area contributed by atoms with Gasteiger partial charge in [-0.1, -0.05) is 48.0 Å². The van der Waals surface area contributed by atoms with Crippen molar-refractivity contribution >= 4 is 35.3 Å². The molecule has 2 N–H and O–H groups in total. The molecule has 0 saturated carbocycles. The van der Waals surface area contributed by atoms with E-state index >= 15 is 0 Å². The summed E-state index contributed by atoms with van der Waals surface area (Å²) >= 11 is 6.01. The second-order valence-electron chi connectivity index (χ2n) is 6.41. The highest BCUT2D eigenvalue weighted by Crippen LogP contribution is 2.22. The number of benzene rings is 3. The van der Waals surface area contributed by atoms with E-state index in [9.17, 15) is 9.59 Å². The molecule has 3 aromatic carbocycles. The average Bonchev–Trinajstić information content (AvgIpc) is 2.77. The van der Waals surface area contributed by atoms with Crippen LogP contribution in [0.4, 0.5) is 5.69 Å². The van der Waals surface area contributed by atoms with Crippen LogP contribution in [-0.4, -0.2) is 18.0 Å². The number of carbonyl (C=O) groups is 2. The molecule has 0 unspecified atom stereocenters. The molecule has 0 atom stereocenters. The first kappa shape index (κ1) is 21.1. The lowest BCUT2D eigenvalue weighted by atomic mass is 10.2. The molecule has 0 aliphatic heterocycles. The lowest BCUT2D eigenvalue weighted by Crippen LogP contribution is -2.32. The first-order valence-electron chi connectivity index (χ1n) is 9.19. The molecule has 0 spiro atoms. The molecule has 0 aliphatic rings.